The topological polar surface area (TPSA) is 126 Å². The molecule has 2 atom stereocenters. The normalized spacial score (nSPS) is 20.3. The van der Waals surface area contributed by atoms with Gasteiger partial charge in [-0.3, -0.25) is 5.10 Å². The van der Waals surface area contributed by atoms with Crippen LogP contribution in [0.15, 0.2) is 30.5 Å². The summed E-state index contributed by atoms with van der Waals surface area (Å²) >= 11 is 0. The molecular formula is C27H28FN5O4. The highest BCUT2D eigenvalue weighted by atomic mass is 19.1. The maximum absolute atomic E-state index is 14.4. The second kappa shape index (κ2) is 8.85. The second-order valence-corrected chi connectivity index (χ2v) is 10.4. The van der Waals surface area contributed by atoms with Crippen molar-refractivity contribution in [2.24, 2.45) is 0 Å². The number of carboxylic acids is 1. The highest BCUT2D eigenvalue weighted by Gasteiger charge is 2.42. The first-order valence-corrected chi connectivity index (χ1v) is 12.1. The minimum atomic E-state index is -1.26. The second-order valence-electron chi connectivity index (χ2n) is 10.4. The molecule has 2 N–H and O–H groups in total. The maximum atomic E-state index is 14.4. The fourth-order valence-corrected chi connectivity index (χ4v) is 5.27. The molecule has 3 aromatic heterocycles. The van der Waals surface area contributed by atoms with E-state index in [1.165, 1.54) is 13.2 Å². The van der Waals surface area contributed by atoms with E-state index in [0.717, 1.165) is 22.2 Å². The summed E-state index contributed by atoms with van der Waals surface area (Å²) in [7, 11) is 1.41. The molecule has 1 aliphatic rings. The first kappa shape index (κ1) is 24.7. The number of nitriles is 1. The fourth-order valence-electron chi connectivity index (χ4n) is 5.27. The zero-order valence-corrected chi connectivity index (χ0v) is 21.1. The van der Waals surface area contributed by atoms with Gasteiger partial charge in [0.1, 0.15) is 0 Å². The van der Waals surface area contributed by atoms with Crippen LogP contribution in [0.5, 0.6) is 5.75 Å². The lowest BCUT2D eigenvalue weighted by Crippen LogP contribution is -2.43. The summed E-state index contributed by atoms with van der Waals surface area (Å²) in [5.74, 6) is -1.54. The van der Waals surface area contributed by atoms with Crippen LogP contribution in [0.3, 0.4) is 0 Å². The van der Waals surface area contributed by atoms with E-state index in [1.54, 1.807) is 25.3 Å². The van der Waals surface area contributed by atoms with Gasteiger partial charge in [-0.05, 0) is 38.0 Å². The molecule has 4 aromatic rings. The molecule has 0 spiro atoms. The molecule has 0 amide bonds. The zero-order valence-electron chi connectivity index (χ0n) is 21.1. The van der Waals surface area contributed by atoms with Gasteiger partial charge >= 0.3 is 5.97 Å². The highest BCUT2D eigenvalue weighted by Crippen LogP contribution is 2.46. The van der Waals surface area contributed by atoms with Crippen LogP contribution in [-0.4, -0.2) is 50.1 Å². The predicted octanol–water partition coefficient (Wildman–Crippen LogP) is 4.98. The molecule has 4 heterocycles. The van der Waals surface area contributed by atoms with Crippen LogP contribution in [0.25, 0.3) is 27.8 Å². The number of methoxy groups -OCH3 is 1. The van der Waals surface area contributed by atoms with Gasteiger partial charge in [-0.15, -0.1) is 0 Å². The molecule has 37 heavy (non-hydrogen) atoms. The summed E-state index contributed by atoms with van der Waals surface area (Å²) in [6.45, 7) is 5.76. The standard InChI is InChI=1S/C27H28FN5O4/c1-26(2,9-10-29)23-21(15-7-8-27(3,25(34)35)37-14-15)22-19(11-16-13-30-32-24(16)31-22)33(23)17-5-6-18(28)20(12-17)36-4/h5-6,11-13,15H,7-9,14H2,1-4H3,(H,34,35)(H,30,31,32)/t15-,27+/m1/s1. The molecule has 9 nitrogen and oxygen atoms in total. The van der Waals surface area contributed by atoms with Crippen LogP contribution >= 0.6 is 0 Å². The molecule has 1 aromatic carbocycles. The molecule has 0 radical (unpaired) electrons. The number of nitrogens with zero attached hydrogens (tertiary/aromatic N) is 4. The van der Waals surface area contributed by atoms with Gasteiger partial charge < -0.3 is 19.1 Å². The number of aromatic nitrogens is 4. The van der Waals surface area contributed by atoms with Gasteiger partial charge in [0, 0.05) is 46.2 Å². The fraction of sp³-hybridized carbons (Fsp3) is 0.407. The summed E-state index contributed by atoms with van der Waals surface area (Å²) in [6, 6.07) is 8.93. The van der Waals surface area contributed by atoms with Crippen LogP contribution in [0.1, 0.15) is 57.2 Å². The minimum Gasteiger partial charge on any atom is -0.494 e. The van der Waals surface area contributed by atoms with Crippen molar-refractivity contribution >= 4 is 28.0 Å². The molecule has 5 rings (SSSR count). The van der Waals surface area contributed by atoms with E-state index in [0.29, 0.717) is 29.7 Å². The molecule has 0 saturated carbocycles. The number of H-pyrrole nitrogens is 1. The van der Waals surface area contributed by atoms with Crippen LogP contribution < -0.4 is 4.74 Å². The molecule has 192 valence electrons. The van der Waals surface area contributed by atoms with Crippen LogP contribution in [0, 0.1) is 17.1 Å². The molecular weight excluding hydrogens is 477 g/mol. The van der Waals surface area contributed by atoms with Gasteiger partial charge in [0.15, 0.2) is 22.8 Å². The minimum absolute atomic E-state index is 0.0977. The Morgan fingerprint density at radius 2 is 2.22 bits per heavy atom. The lowest BCUT2D eigenvalue weighted by atomic mass is 9.78. The maximum Gasteiger partial charge on any atom is 0.335 e. The average Bonchev–Trinajstić information content (AvgIpc) is 3.45. The number of aliphatic carboxylic acids is 1. The largest absolute Gasteiger partial charge is 0.494 e. The Hall–Kier alpha value is -3.97. The number of hydrogen-bond acceptors (Lipinski definition) is 6. The van der Waals surface area contributed by atoms with E-state index in [4.69, 9.17) is 14.5 Å². The molecule has 0 bridgehead atoms. The van der Waals surface area contributed by atoms with E-state index in [2.05, 4.69) is 16.3 Å². The van der Waals surface area contributed by atoms with Crippen molar-refractivity contribution in [3.8, 4) is 17.5 Å². The Bertz CT molecular complexity index is 1560. The van der Waals surface area contributed by atoms with Crippen molar-refractivity contribution in [3.63, 3.8) is 0 Å². The van der Waals surface area contributed by atoms with E-state index in [1.807, 2.05) is 24.5 Å². The number of pyridine rings is 1. The van der Waals surface area contributed by atoms with Crippen molar-refractivity contribution in [2.45, 2.75) is 57.0 Å². The Morgan fingerprint density at radius 1 is 1.43 bits per heavy atom. The predicted molar refractivity (Wildman–Crippen MR) is 134 cm³/mol. The van der Waals surface area contributed by atoms with Crippen LogP contribution in [0.4, 0.5) is 4.39 Å². The first-order chi connectivity index (χ1) is 17.6. The number of carbonyl (C=O) groups is 1. The molecule has 0 aliphatic carbocycles. The smallest absolute Gasteiger partial charge is 0.335 e. The summed E-state index contributed by atoms with van der Waals surface area (Å²) in [5, 5.41) is 27.2. The van der Waals surface area contributed by atoms with Crippen molar-refractivity contribution in [1.82, 2.24) is 19.7 Å². The monoisotopic (exact) mass is 505 g/mol. The molecule has 1 aliphatic heterocycles. The van der Waals surface area contributed by atoms with E-state index < -0.39 is 22.8 Å². The molecule has 10 heteroatoms. The molecule has 0 unspecified atom stereocenters. The Labute approximate surface area is 212 Å². The number of fused-ring (bicyclic) bond motifs is 2. The van der Waals surface area contributed by atoms with E-state index >= 15 is 0 Å². The third kappa shape index (κ3) is 4.00. The summed E-state index contributed by atoms with van der Waals surface area (Å²) in [5.41, 5.74) is 2.59. The van der Waals surface area contributed by atoms with E-state index in [-0.39, 0.29) is 24.7 Å². The SMILES string of the molecule is COc1cc(-n2c(C(C)(C)CC#N)c([C@@H]3CC[C@@](C)(C(=O)O)OC3)c3nc4[nH]ncc4cc32)ccc1F. The van der Waals surface area contributed by atoms with Crippen molar-refractivity contribution in [3.05, 3.63) is 47.5 Å². The average molecular weight is 506 g/mol. The number of aromatic amines is 1. The number of rotatable bonds is 6. The first-order valence-electron chi connectivity index (χ1n) is 12.1. The van der Waals surface area contributed by atoms with Gasteiger partial charge in [-0.2, -0.15) is 10.4 Å². The third-order valence-corrected chi connectivity index (χ3v) is 7.37. The molecule has 1 saturated heterocycles. The number of benzene rings is 1. The number of halogens is 1. The highest BCUT2D eigenvalue weighted by molar-refractivity contribution is 5.94. The van der Waals surface area contributed by atoms with Crippen LogP contribution in [0.2, 0.25) is 0 Å². The number of carboxylic acid groups (broad SMARTS) is 1. The van der Waals surface area contributed by atoms with Gasteiger partial charge in [0.25, 0.3) is 0 Å². The summed E-state index contributed by atoms with van der Waals surface area (Å²) in [4.78, 5) is 16.7. The molecule has 1 fully saturated rings. The van der Waals surface area contributed by atoms with Crippen molar-refractivity contribution in [2.75, 3.05) is 13.7 Å². The summed E-state index contributed by atoms with van der Waals surface area (Å²) in [6.07, 6.45) is 2.79. The Kier molecular flexibility index (Phi) is 5.91. The van der Waals surface area contributed by atoms with Gasteiger partial charge in [-0.25, -0.2) is 14.2 Å². The lowest BCUT2D eigenvalue weighted by Gasteiger charge is -2.36. The van der Waals surface area contributed by atoms with Crippen LogP contribution in [-0.2, 0) is 14.9 Å². The number of hydrogen-bond donors (Lipinski definition) is 2. The number of nitrogens with one attached hydrogen (secondary N) is 1. The van der Waals surface area contributed by atoms with Gasteiger partial charge in [0.2, 0.25) is 0 Å². The van der Waals surface area contributed by atoms with E-state index in [9.17, 15) is 19.6 Å². The van der Waals surface area contributed by atoms with Gasteiger partial charge in [0.05, 0.1) is 37.0 Å². The summed E-state index contributed by atoms with van der Waals surface area (Å²) < 4.78 is 27.6. The van der Waals surface area contributed by atoms with Crippen molar-refractivity contribution in [1.29, 1.82) is 5.26 Å². The zero-order chi connectivity index (χ0) is 26.5. The van der Waals surface area contributed by atoms with Gasteiger partial charge in [-0.1, -0.05) is 13.8 Å². The quantitative estimate of drug-likeness (QED) is 0.378. The number of ether oxygens (including phenoxy) is 2. The third-order valence-electron chi connectivity index (χ3n) is 7.37. The Morgan fingerprint density at radius 3 is 2.86 bits per heavy atom. The Balaban J connectivity index is 1.83. The lowest BCUT2D eigenvalue weighted by molar-refractivity contribution is -0.170. The van der Waals surface area contributed by atoms with Crippen molar-refractivity contribution < 1.29 is 23.8 Å².